The van der Waals surface area contributed by atoms with Crippen LogP contribution in [0.2, 0.25) is 0 Å². The number of ether oxygens (including phenoxy) is 2. The van der Waals surface area contributed by atoms with Crippen LogP contribution in [-0.4, -0.2) is 27.3 Å². The van der Waals surface area contributed by atoms with Crippen LogP contribution in [0, 0.1) is 6.92 Å². The van der Waals surface area contributed by atoms with E-state index in [1.807, 2.05) is 43.3 Å². The van der Waals surface area contributed by atoms with Gasteiger partial charge in [0, 0.05) is 31.9 Å². The van der Waals surface area contributed by atoms with E-state index in [2.05, 4.69) is 5.32 Å². The second-order valence-electron chi connectivity index (χ2n) is 8.15. The number of nitrogens with zero attached hydrogens (tertiary/aromatic N) is 2. The second kappa shape index (κ2) is 9.35. The molecule has 8 nitrogen and oxygen atoms in total. The Hall–Kier alpha value is -4.20. The van der Waals surface area contributed by atoms with E-state index < -0.39 is 5.97 Å². The summed E-state index contributed by atoms with van der Waals surface area (Å²) in [6.45, 7) is 2.63. The molecule has 0 saturated heterocycles. The van der Waals surface area contributed by atoms with Crippen molar-refractivity contribution in [3.05, 3.63) is 87.3 Å². The molecule has 0 fully saturated rings. The Morgan fingerprint density at radius 1 is 1.03 bits per heavy atom. The topological polar surface area (TPSA) is 94.7 Å². The number of hydrogen-bond acceptors (Lipinski definition) is 5. The molecule has 1 aromatic heterocycles. The predicted molar refractivity (Wildman–Crippen MR) is 131 cm³/mol. The Balaban J connectivity index is 1.58. The van der Waals surface area contributed by atoms with E-state index in [4.69, 9.17) is 9.47 Å². The SMILES string of the molecule is COc1cccc(CNc2cc(C(=O)O)ccc2C)c1OCc1ccc2c(c1)n(C)c(=O)n2C. The largest absolute Gasteiger partial charge is 0.493 e. The first kappa shape index (κ1) is 23.0. The van der Waals surface area contributed by atoms with E-state index in [0.29, 0.717) is 24.7 Å². The van der Waals surface area contributed by atoms with Crippen molar-refractivity contribution in [2.24, 2.45) is 14.1 Å². The highest BCUT2D eigenvalue weighted by atomic mass is 16.5. The molecule has 176 valence electrons. The van der Waals surface area contributed by atoms with Crippen molar-refractivity contribution in [2.75, 3.05) is 12.4 Å². The number of anilines is 1. The monoisotopic (exact) mass is 461 g/mol. The van der Waals surface area contributed by atoms with Gasteiger partial charge in [-0.25, -0.2) is 9.59 Å². The number of aryl methyl sites for hydroxylation is 3. The fourth-order valence-corrected chi connectivity index (χ4v) is 3.96. The average Bonchev–Trinajstić information content (AvgIpc) is 3.05. The van der Waals surface area contributed by atoms with E-state index >= 15 is 0 Å². The number of benzene rings is 3. The summed E-state index contributed by atoms with van der Waals surface area (Å²) in [4.78, 5) is 23.6. The molecule has 0 amide bonds. The van der Waals surface area contributed by atoms with Gasteiger partial charge in [0.15, 0.2) is 11.5 Å². The second-order valence-corrected chi connectivity index (χ2v) is 8.15. The molecule has 0 unspecified atom stereocenters. The number of nitrogens with one attached hydrogen (secondary N) is 1. The van der Waals surface area contributed by atoms with Gasteiger partial charge in [0.2, 0.25) is 0 Å². The van der Waals surface area contributed by atoms with Gasteiger partial charge in [-0.15, -0.1) is 0 Å². The van der Waals surface area contributed by atoms with Crippen LogP contribution in [0.1, 0.15) is 27.0 Å². The minimum Gasteiger partial charge on any atom is -0.493 e. The number of para-hydroxylation sites is 1. The van der Waals surface area contributed by atoms with Crippen molar-refractivity contribution in [2.45, 2.75) is 20.1 Å². The number of aromatic nitrogens is 2. The molecule has 4 rings (SSSR count). The summed E-state index contributed by atoms with van der Waals surface area (Å²) in [6.07, 6.45) is 0. The Morgan fingerprint density at radius 3 is 2.53 bits per heavy atom. The third-order valence-corrected chi connectivity index (χ3v) is 5.95. The summed E-state index contributed by atoms with van der Waals surface area (Å²) >= 11 is 0. The van der Waals surface area contributed by atoms with Crippen molar-refractivity contribution >= 4 is 22.7 Å². The quantitative estimate of drug-likeness (QED) is 0.411. The zero-order valence-electron chi connectivity index (χ0n) is 19.6. The van der Waals surface area contributed by atoms with Gasteiger partial charge in [-0.1, -0.05) is 24.3 Å². The number of imidazole rings is 1. The average molecular weight is 462 g/mol. The van der Waals surface area contributed by atoms with Gasteiger partial charge in [-0.3, -0.25) is 9.13 Å². The van der Waals surface area contributed by atoms with E-state index in [1.54, 1.807) is 48.5 Å². The number of carboxylic acids is 1. The molecule has 0 saturated carbocycles. The van der Waals surface area contributed by atoms with Gasteiger partial charge in [0.25, 0.3) is 0 Å². The van der Waals surface area contributed by atoms with E-state index in [-0.39, 0.29) is 11.3 Å². The Morgan fingerprint density at radius 2 is 1.79 bits per heavy atom. The summed E-state index contributed by atoms with van der Waals surface area (Å²) in [5.74, 6) is 0.233. The maximum Gasteiger partial charge on any atom is 0.335 e. The molecule has 0 radical (unpaired) electrons. The maximum atomic E-state index is 12.2. The smallest absolute Gasteiger partial charge is 0.335 e. The van der Waals surface area contributed by atoms with Gasteiger partial charge < -0.3 is 19.9 Å². The number of carbonyl (C=O) groups is 1. The highest BCUT2D eigenvalue weighted by Crippen LogP contribution is 2.33. The van der Waals surface area contributed by atoms with Gasteiger partial charge in [0.1, 0.15) is 6.61 Å². The molecule has 8 heteroatoms. The van der Waals surface area contributed by atoms with Gasteiger partial charge in [-0.05, 0) is 48.4 Å². The zero-order valence-corrected chi connectivity index (χ0v) is 19.6. The fraction of sp³-hybridized carbons (Fsp3) is 0.231. The molecular formula is C26H27N3O5. The first-order valence-corrected chi connectivity index (χ1v) is 10.8. The van der Waals surface area contributed by atoms with Gasteiger partial charge in [-0.2, -0.15) is 0 Å². The third kappa shape index (κ3) is 4.34. The van der Waals surface area contributed by atoms with E-state index in [9.17, 15) is 14.7 Å². The van der Waals surface area contributed by atoms with Crippen LogP contribution in [0.25, 0.3) is 11.0 Å². The number of fused-ring (bicyclic) bond motifs is 1. The minimum atomic E-state index is -0.971. The third-order valence-electron chi connectivity index (χ3n) is 5.95. The normalized spacial score (nSPS) is 10.9. The molecule has 0 aliphatic heterocycles. The van der Waals surface area contributed by atoms with Crippen LogP contribution in [0.15, 0.2) is 59.4 Å². The number of aromatic carboxylic acids is 1. The van der Waals surface area contributed by atoms with E-state index in [1.165, 1.54) is 0 Å². The first-order valence-electron chi connectivity index (χ1n) is 10.8. The van der Waals surface area contributed by atoms with Crippen molar-refractivity contribution in [3.63, 3.8) is 0 Å². The maximum absolute atomic E-state index is 12.2. The molecule has 0 spiro atoms. The molecule has 0 aliphatic rings. The number of methoxy groups -OCH3 is 1. The van der Waals surface area contributed by atoms with Crippen molar-refractivity contribution < 1.29 is 19.4 Å². The number of rotatable bonds is 8. The van der Waals surface area contributed by atoms with Gasteiger partial charge in [0.05, 0.1) is 23.7 Å². The van der Waals surface area contributed by atoms with Crippen LogP contribution in [0.5, 0.6) is 11.5 Å². The summed E-state index contributed by atoms with van der Waals surface area (Å²) in [5, 5.41) is 12.6. The Labute approximate surface area is 197 Å². The van der Waals surface area contributed by atoms with Crippen molar-refractivity contribution in [1.29, 1.82) is 0 Å². The number of hydrogen-bond donors (Lipinski definition) is 2. The molecule has 0 atom stereocenters. The highest BCUT2D eigenvalue weighted by molar-refractivity contribution is 5.89. The predicted octanol–water partition coefficient (Wildman–Crippen LogP) is 4.08. The molecule has 3 aromatic carbocycles. The van der Waals surface area contributed by atoms with Crippen LogP contribution < -0.4 is 20.5 Å². The lowest BCUT2D eigenvalue weighted by Crippen LogP contribution is -2.19. The first-order chi connectivity index (χ1) is 16.3. The molecular weight excluding hydrogens is 434 g/mol. The van der Waals surface area contributed by atoms with Crippen LogP contribution in [-0.2, 0) is 27.2 Å². The van der Waals surface area contributed by atoms with Crippen molar-refractivity contribution in [1.82, 2.24) is 9.13 Å². The summed E-state index contributed by atoms with van der Waals surface area (Å²) in [6, 6.07) is 16.4. The highest BCUT2D eigenvalue weighted by Gasteiger charge is 2.14. The summed E-state index contributed by atoms with van der Waals surface area (Å²) in [5.41, 5.74) is 5.31. The molecule has 34 heavy (non-hydrogen) atoms. The number of carboxylic acid groups (broad SMARTS) is 1. The lowest BCUT2D eigenvalue weighted by molar-refractivity contribution is 0.0697. The van der Waals surface area contributed by atoms with Crippen LogP contribution >= 0.6 is 0 Å². The molecule has 4 aromatic rings. The summed E-state index contributed by atoms with van der Waals surface area (Å²) < 4.78 is 15.0. The Bertz CT molecular complexity index is 1430. The Kier molecular flexibility index (Phi) is 6.32. The van der Waals surface area contributed by atoms with Crippen molar-refractivity contribution in [3.8, 4) is 11.5 Å². The van der Waals surface area contributed by atoms with Crippen LogP contribution in [0.4, 0.5) is 5.69 Å². The molecule has 0 bridgehead atoms. The fourth-order valence-electron chi connectivity index (χ4n) is 3.96. The van der Waals surface area contributed by atoms with Crippen LogP contribution in [0.3, 0.4) is 0 Å². The minimum absolute atomic E-state index is 0.0755. The standard InChI is InChI=1S/C26H27N3O5/c1-16-8-10-18(25(30)31)13-20(16)27-14-19-6-5-7-23(33-4)24(19)34-15-17-9-11-21-22(12-17)29(3)26(32)28(21)2/h5-13,27H,14-15H2,1-4H3,(H,30,31). The van der Waals surface area contributed by atoms with Gasteiger partial charge >= 0.3 is 11.7 Å². The van der Waals surface area contributed by atoms with E-state index in [0.717, 1.165) is 33.4 Å². The molecule has 2 N–H and O–H groups in total. The zero-order chi connectivity index (χ0) is 24.4. The molecule has 0 aliphatic carbocycles. The lowest BCUT2D eigenvalue weighted by atomic mass is 10.1. The summed E-state index contributed by atoms with van der Waals surface area (Å²) in [7, 11) is 5.09. The molecule has 1 heterocycles. The lowest BCUT2D eigenvalue weighted by Gasteiger charge is -2.17.